The zero-order valence-electron chi connectivity index (χ0n) is 15.5. The summed E-state index contributed by atoms with van der Waals surface area (Å²) in [4.78, 5) is 0. The maximum atomic E-state index is 3.87. The summed E-state index contributed by atoms with van der Waals surface area (Å²) in [5.41, 5.74) is 0.694. The summed E-state index contributed by atoms with van der Waals surface area (Å²) >= 11 is 0. The molecule has 2 fully saturated rings. The molecule has 1 saturated carbocycles. The van der Waals surface area contributed by atoms with Crippen LogP contribution >= 0.6 is 0 Å². The molecule has 2 rings (SSSR count). The summed E-state index contributed by atoms with van der Waals surface area (Å²) in [6.07, 6.45) is 17.4. The van der Waals surface area contributed by atoms with Gasteiger partial charge in [0.25, 0.3) is 0 Å². The maximum Gasteiger partial charge on any atom is -0.00196 e. The van der Waals surface area contributed by atoms with Crippen molar-refractivity contribution >= 4 is 0 Å². The van der Waals surface area contributed by atoms with Gasteiger partial charge in [-0.15, -0.1) is 6.58 Å². The number of unbranched alkanes of at least 4 members (excludes halogenated alkanes) is 1. The van der Waals surface area contributed by atoms with E-state index in [0.29, 0.717) is 5.41 Å². The fourth-order valence-electron chi connectivity index (χ4n) is 4.26. The van der Waals surface area contributed by atoms with Crippen LogP contribution in [0.15, 0.2) is 12.7 Å². The van der Waals surface area contributed by atoms with Gasteiger partial charge in [-0.1, -0.05) is 25.8 Å². The largest absolute Gasteiger partial charge is 0.317 e. The van der Waals surface area contributed by atoms with E-state index in [4.69, 9.17) is 0 Å². The van der Waals surface area contributed by atoms with Crippen LogP contribution in [0.1, 0.15) is 77.6 Å². The van der Waals surface area contributed by atoms with Gasteiger partial charge >= 0.3 is 0 Å². The van der Waals surface area contributed by atoms with Crippen LogP contribution in [0.2, 0.25) is 0 Å². The summed E-state index contributed by atoms with van der Waals surface area (Å²) in [5.74, 6) is 1.83. The lowest BCUT2D eigenvalue weighted by atomic mass is 9.66. The van der Waals surface area contributed by atoms with Gasteiger partial charge < -0.3 is 10.6 Å². The first-order chi connectivity index (χ1) is 11.2. The highest BCUT2D eigenvalue weighted by Gasteiger charge is 2.31. The van der Waals surface area contributed by atoms with E-state index in [9.17, 15) is 0 Å². The summed E-state index contributed by atoms with van der Waals surface area (Å²) in [7, 11) is 0. The van der Waals surface area contributed by atoms with Gasteiger partial charge in [-0.2, -0.15) is 0 Å². The van der Waals surface area contributed by atoms with Crippen molar-refractivity contribution in [3.8, 4) is 0 Å². The standard InChI is InChI=1S/C21H40N2/c1-3-4-5-7-19(8-14-21(2)12-6-13-21)9-17-23-18-20-10-15-22-16-11-20/h3,19-20,22-23H,1,4-18H2,2H3. The highest BCUT2D eigenvalue weighted by Crippen LogP contribution is 2.45. The second kappa shape index (κ2) is 10.5. The minimum Gasteiger partial charge on any atom is -0.317 e. The molecular weight excluding hydrogens is 280 g/mol. The SMILES string of the molecule is C=CCCCC(CCNCC1CCNCC1)CCC1(C)CCC1. The second-order valence-corrected chi connectivity index (χ2v) is 8.47. The Balaban J connectivity index is 1.60. The lowest BCUT2D eigenvalue weighted by molar-refractivity contribution is 0.130. The van der Waals surface area contributed by atoms with Crippen LogP contribution in [0.4, 0.5) is 0 Å². The van der Waals surface area contributed by atoms with E-state index in [-0.39, 0.29) is 0 Å². The van der Waals surface area contributed by atoms with Crippen molar-refractivity contribution in [1.82, 2.24) is 10.6 Å². The molecule has 23 heavy (non-hydrogen) atoms. The Hall–Kier alpha value is -0.340. The molecule has 2 N–H and O–H groups in total. The van der Waals surface area contributed by atoms with Gasteiger partial charge in [0, 0.05) is 0 Å². The zero-order chi connectivity index (χ0) is 16.4. The second-order valence-electron chi connectivity index (χ2n) is 8.47. The number of allylic oxidation sites excluding steroid dienone is 1. The molecule has 1 heterocycles. The molecule has 0 spiro atoms. The van der Waals surface area contributed by atoms with Crippen molar-refractivity contribution in [3.05, 3.63) is 12.7 Å². The van der Waals surface area contributed by atoms with Gasteiger partial charge in [0.1, 0.15) is 0 Å². The van der Waals surface area contributed by atoms with E-state index >= 15 is 0 Å². The maximum absolute atomic E-state index is 3.87. The lowest BCUT2D eigenvalue weighted by Gasteiger charge is -2.39. The van der Waals surface area contributed by atoms with E-state index in [1.165, 1.54) is 96.8 Å². The molecule has 1 aliphatic heterocycles. The Labute approximate surface area is 144 Å². The van der Waals surface area contributed by atoms with Crippen LogP contribution in [-0.4, -0.2) is 26.2 Å². The van der Waals surface area contributed by atoms with Crippen LogP contribution in [-0.2, 0) is 0 Å². The zero-order valence-corrected chi connectivity index (χ0v) is 15.5. The molecule has 0 bridgehead atoms. The van der Waals surface area contributed by atoms with Crippen LogP contribution in [0.5, 0.6) is 0 Å². The Morgan fingerprint density at radius 3 is 2.65 bits per heavy atom. The van der Waals surface area contributed by atoms with Gasteiger partial charge in [0.15, 0.2) is 0 Å². The first-order valence-corrected chi connectivity index (χ1v) is 10.2. The Kier molecular flexibility index (Phi) is 8.68. The van der Waals surface area contributed by atoms with Crippen molar-refractivity contribution in [3.63, 3.8) is 0 Å². The molecule has 1 unspecified atom stereocenters. The topological polar surface area (TPSA) is 24.1 Å². The number of hydrogen-bond acceptors (Lipinski definition) is 2. The molecule has 2 heteroatoms. The van der Waals surface area contributed by atoms with E-state index in [1.807, 2.05) is 0 Å². The Bertz CT molecular complexity index is 316. The van der Waals surface area contributed by atoms with Gasteiger partial charge in [-0.3, -0.25) is 0 Å². The van der Waals surface area contributed by atoms with Crippen LogP contribution in [0, 0.1) is 17.3 Å². The third kappa shape index (κ3) is 7.39. The van der Waals surface area contributed by atoms with Crippen molar-refractivity contribution in [2.75, 3.05) is 26.2 Å². The van der Waals surface area contributed by atoms with Crippen molar-refractivity contribution in [2.45, 2.75) is 77.6 Å². The van der Waals surface area contributed by atoms with Crippen molar-refractivity contribution in [1.29, 1.82) is 0 Å². The fourth-order valence-corrected chi connectivity index (χ4v) is 4.26. The number of nitrogens with one attached hydrogen (secondary N) is 2. The summed E-state index contributed by atoms with van der Waals surface area (Å²) in [6, 6.07) is 0. The highest BCUT2D eigenvalue weighted by molar-refractivity contribution is 4.84. The van der Waals surface area contributed by atoms with Crippen molar-refractivity contribution in [2.24, 2.45) is 17.3 Å². The first kappa shape index (κ1) is 19.0. The van der Waals surface area contributed by atoms with Gasteiger partial charge in [-0.25, -0.2) is 0 Å². The van der Waals surface area contributed by atoms with Crippen molar-refractivity contribution < 1.29 is 0 Å². The van der Waals surface area contributed by atoms with Gasteiger partial charge in [-0.05, 0) is 101 Å². The first-order valence-electron chi connectivity index (χ1n) is 10.2. The normalized spacial score (nSPS) is 22.5. The summed E-state index contributed by atoms with van der Waals surface area (Å²) in [6.45, 7) is 11.3. The quantitative estimate of drug-likeness (QED) is 0.394. The minimum absolute atomic E-state index is 0.694. The van der Waals surface area contributed by atoms with Gasteiger partial charge in [0.2, 0.25) is 0 Å². The predicted molar refractivity (Wildman–Crippen MR) is 102 cm³/mol. The molecule has 0 aromatic rings. The third-order valence-electron chi connectivity index (χ3n) is 6.36. The molecule has 0 aromatic carbocycles. The van der Waals surface area contributed by atoms with E-state index < -0.39 is 0 Å². The molecule has 2 aliphatic rings. The third-order valence-corrected chi connectivity index (χ3v) is 6.36. The lowest BCUT2D eigenvalue weighted by Crippen LogP contribution is -2.34. The van der Waals surface area contributed by atoms with Crippen LogP contribution in [0.3, 0.4) is 0 Å². The van der Waals surface area contributed by atoms with E-state index in [2.05, 4.69) is 30.2 Å². The van der Waals surface area contributed by atoms with Crippen LogP contribution in [0.25, 0.3) is 0 Å². The average molecular weight is 321 g/mol. The minimum atomic E-state index is 0.694. The van der Waals surface area contributed by atoms with E-state index in [0.717, 1.165) is 11.8 Å². The molecular formula is C21H40N2. The van der Waals surface area contributed by atoms with E-state index in [1.54, 1.807) is 0 Å². The molecule has 134 valence electrons. The molecule has 2 nitrogen and oxygen atoms in total. The monoisotopic (exact) mass is 320 g/mol. The predicted octanol–water partition coefficient (Wildman–Crippen LogP) is 4.91. The molecule has 1 saturated heterocycles. The summed E-state index contributed by atoms with van der Waals surface area (Å²) in [5, 5.41) is 7.21. The number of rotatable bonds is 12. The molecule has 0 radical (unpaired) electrons. The smallest absolute Gasteiger partial charge is 0.00196 e. The fraction of sp³-hybridized carbons (Fsp3) is 0.905. The Morgan fingerprint density at radius 2 is 2.00 bits per heavy atom. The number of hydrogen-bond donors (Lipinski definition) is 2. The Morgan fingerprint density at radius 1 is 1.22 bits per heavy atom. The summed E-state index contributed by atoms with van der Waals surface area (Å²) < 4.78 is 0. The average Bonchev–Trinajstić information content (AvgIpc) is 2.55. The molecule has 0 aromatic heterocycles. The molecule has 1 atom stereocenters. The van der Waals surface area contributed by atoms with Crippen LogP contribution < -0.4 is 10.6 Å². The van der Waals surface area contributed by atoms with Gasteiger partial charge in [0.05, 0.1) is 0 Å². The highest BCUT2D eigenvalue weighted by atomic mass is 14.9. The molecule has 0 amide bonds. The number of piperidine rings is 1. The molecule has 1 aliphatic carbocycles.